The van der Waals surface area contributed by atoms with E-state index >= 15 is 0 Å². The number of esters is 1. The predicted molar refractivity (Wildman–Crippen MR) is 92.8 cm³/mol. The fourth-order valence-corrected chi connectivity index (χ4v) is 2.00. The topological polar surface area (TPSA) is 137 Å². The molecule has 142 valence electrons. The Morgan fingerprint density at radius 3 is 2.56 bits per heavy atom. The van der Waals surface area contributed by atoms with Crippen molar-refractivity contribution in [3.05, 3.63) is 52.6 Å². The van der Waals surface area contributed by atoms with Crippen molar-refractivity contribution in [2.24, 2.45) is 0 Å². The molecule has 0 bridgehead atoms. The summed E-state index contributed by atoms with van der Waals surface area (Å²) in [6, 6.07) is 9.74. The molecule has 2 aromatic rings. The first-order chi connectivity index (χ1) is 12.9. The molecule has 0 fully saturated rings. The predicted octanol–water partition coefficient (Wildman–Crippen LogP) is 1.87. The number of nitrogens with one attached hydrogen (secondary N) is 1. The number of nitro groups is 1. The Balaban J connectivity index is 1.87. The Hall–Kier alpha value is -3.82. The molecule has 10 heteroatoms. The number of amides is 1. The maximum atomic E-state index is 11.9. The Morgan fingerprint density at radius 2 is 1.89 bits per heavy atom. The Morgan fingerprint density at radius 1 is 1.15 bits per heavy atom. The molecule has 0 radical (unpaired) electrons. The van der Waals surface area contributed by atoms with Crippen molar-refractivity contribution in [3.8, 4) is 17.2 Å². The SMILES string of the molecule is COc1ccc([N+](=O)[O-])cc1NC(=O)COC(=O)COc1ccccc1O. The molecule has 0 heterocycles. The van der Waals surface area contributed by atoms with Crippen molar-refractivity contribution in [2.75, 3.05) is 25.6 Å². The second-order valence-electron chi connectivity index (χ2n) is 5.11. The van der Waals surface area contributed by atoms with Crippen LogP contribution in [0.1, 0.15) is 0 Å². The van der Waals surface area contributed by atoms with E-state index in [1.165, 1.54) is 31.4 Å². The van der Waals surface area contributed by atoms with E-state index in [-0.39, 0.29) is 28.6 Å². The van der Waals surface area contributed by atoms with Gasteiger partial charge in [-0.15, -0.1) is 0 Å². The monoisotopic (exact) mass is 376 g/mol. The molecule has 0 saturated carbocycles. The van der Waals surface area contributed by atoms with E-state index in [1.54, 1.807) is 12.1 Å². The lowest BCUT2D eigenvalue weighted by atomic mass is 10.2. The highest BCUT2D eigenvalue weighted by Crippen LogP contribution is 2.28. The van der Waals surface area contributed by atoms with Crippen molar-refractivity contribution in [1.82, 2.24) is 0 Å². The first-order valence-electron chi connectivity index (χ1n) is 7.59. The fourth-order valence-electron chi connectivity index (χ4n) is 2.00. The number of carbonyl (C=O) groups is 2. The smallest absolute Gasteiger partial charge is 0.344 e. The summed E-state index contributed by atoms with van der Waals surface area (Å²) >= 11 is 0. The molecule has 0 aliphatic carbocycles. The highest BCUT2D eigenvalue weighted by Gasteiger charge is 2.15. The quantitative estimate of drug-likeness (QED) is 0.405. The minimum Gasteiger partial charge on any atom is -0.504 e. The highest BCUT2D eigenvalue weighted by molar-refractivity contribution is 5.94. The van der Waals surface area contributed by atoms with Gasteiger partial charge in [0.1, 0.15) is 5.75 Å². The molecule has 0 saturated heterocycles. The van der Waals surface area contributed by atoms with Gasteiger partial charge in [-0.3, -0.25) is 14.9 Å². The minimum absolute atomic E-state index is 0.0678. The summed E-state index contributed by atoms with van der Waals surface area (Å²) < 4.78 is 14.8. The second-order valence-corrected chi connectivity index (χ2v) is 5.11. The zero-order valence-corrected chi connectivity index (χ0v) is 14.2. The summed E-state index contributed by atoms with van der Waals surface area (Å²) in [6.45, 7) is -1.14. The number of para-hydroxylation sites is 2. The zero-order valence-electron chi connectivity index (χ0n) is 14.2. The average molecular weight is 376 g/mol. The summed E-state index contributed by atoms with van der Waals surface area (Å²) in [7, 11) is 1.34. The lowest BCUT2D eigenvalue weighted by Gasteiger charge is -2.11. The molecule has 0 spiro atoms. The molecule has 2 aromatic carbocycles. The van der Waals surface area contributed by atoms with Crippen molar-refractivity contribution >= 4 is 23.3 Å². The van der Waals surface area contributed by atoms with Gasteiger partial charge in [0.15, 0.2) is 24.7 Å². The molecular weight excluding hydrogens is 360 g/mol. The molecule has 27 heavy (non-hydrogen) atoms. The number of aromatic hydroxyl groups is 1. The van der Waals surface area contributed by atoms with Crippen LogP contribution >= 0.6 is 0 Å². The van der Waals surface area contributed by atoms with Gasteiger partial charge in [-0.25, -0.2) is 4.79 Å². The van der Waals surface area contributed by atoms with Crippen LogP contribution < -0.4 is 14.8 Å². The molecule has 2 N–H and O–H groups in total. The number of hydrogen-bond acceptors (Lipinski definition) is 8. The van der Waals surface area contributed by atoms with Crippen LogP contribution in [0.5, 0.6) is 17.2 Å². The number of hydrogen-bond donors (Lipinski definition) is 2. The van der Waals surface area contributed by atoms with E-state index in [2.05, 4.69) is 5.32 Å². The van der Waals surface area contributed by atoms with E-state index < -0.39 is 30.0 Å². The number of phenolic OH excluding ortho intramolecular Hbond substituents is 1. The van der Waals surface area contributed by atoms with Crippen LogP contribution in [0.4, 0.5) is 11.4 Å². The summed E-state index contributed by atoms with van der Waals surface area (Å²) in [5.41, 5.74) is -0.169. The standard InChI is InChI=1S/C17H16N2O8/c1-25-14-7-6-11(19(23)24)8-12(14)18-16(21)9-27-17(22)10-26-15-5-3-2-4-13(15)20/h2-8,20H,9-10H2,1H3,(H,18,21). The van der Waals surface area contributed by atoms with Gasteiger partial charge < -0.3 is 24.6 Å². The van der Waals surface area contributed by atoms with Gasteiger partial charge in [-0.05, 0) is 18.2 Å². The summed E-state index contributed by atoms with van der Waals surface area (Å²) in [4.78, 5) is 33.7. The van der Waals surface area contributed by atoms with E-state index in [0.717, 1.165) is 6.07 Å². The Labute approximate surface area is 153 Å². The van der Waals surface area contributed by atoms with Gasteiger partial charge in [0.25, 0.3) is 11.6 Å². The van der Waals surface area contributed by atoms with Crippen LogP contribution in [0.3, 0.4) is 0 Å². The van der Waals surface area contributed by atoms with Gasteiger partial charge in [-0.1, -0.05) is 12.1 Å². The van der Waals surface area contributed by atoms with E-state index in [4.69, 9.17) is 14.2 Å². The van der Waals surface area contributed by atoms with Crippen molar-refractivity contribution in [2.45, 2.75) is 0 Å². The van der Waals surface area contributed by atoms with Gasteiger partial charge in [-0.2, -0.15) is 0 Å². The van der Waals surface area contributed by atoms with Gasteiger partial charge >= 0.3 is 5.97 Å². The van der Waals surface area contributed by atoms with E-state index in [0.29, 0.717) is 0 Å². The van der Waals surface area contributed by atoms with Crippen molar-refractivity contribution in [3.63, 3.8) is 0 Å². The molecule has 10 nitrogen and oxygen atoms in total. The molecule has 1 amide bonds. The first-order valence-corrected chi connectivity index (χ1v) is 7.59. The molecule has 0 aliphatic heterocycles. The van der Waals surface area contributed by atoms with Crippen LogP contribution in [0.25, 0.3) is 0 Å². The van der Waals surface area contributed by atoms with Gasteiger partial charge in [0.2, 0.25) is 0 Å². The molecule has 0 aromatic heterocycles. The van der Waals surface area contributed by atoms with Gasteiger partial charge in [0, 0.05) is 12.1 Å². The third-order valence-corrected chi connectivity index (χ3v) is 3.24. The van der Waals surface area contributed by atoms with E-state index in [1.807, 2.05) is 0 Å². The first kappa shape index (κ1) is 19.5. The highest BCUT2D eigenvalue weighted by atomic mass is 16.6. The largest absolute Gasteiger partial charge is 0.504 e. The lowest BCUT2D eigenvalue weighted by Crippen LogP contribution is -2.24. The number of anilines is 1. The molecule has 0 unspecified atom stereocenters. The number of nitro benzene ring substituents is 1. The molecular formula is C17H16N2O8. The van der Waals surface area contributed by atoms with Crippen LogP contribution in [0.2, 0.25) is 0 Å². The number of benzene rings is 2. The number of rotatable bonds is 8. The third-order valence-electron chi connectivity index (χ3n) is 3.24. The Bertz CT molecular complexity index is 853. The summed E-state index contributed by atoms with van der Waals surface area (Å²) in [5, 5.41) is 22.7. The molecule has 0 aliphatic rings. The number of carbonyl (C=O) groups excluding carboxylic acids is 2. The lowest BCUT2D eigenvalue weighted by molar-refractivity contribution is -0.384. The minimum atomic E-state index is -0.834. The maximum Gasteiger partial charge on any atom is 0.344 e. The van der Waals surface area contributed by atoms with Crippen LogP contribution in [0, 0.1) is 10.1 Å². The normalized spacial score (nSPS) is 9.96. The zero-order chi connectivity index (χ0) is 19.8. The summed E-state index contributed by atoms with van der Waals surface area (Å²) in [6.07, 6.45) is 0. The number of non-ortho nitro benzene ring substituents is 1. The van der Waals surface area contributed by atoms with Crippen molar-refractivity contribution < 1.29 is 33.8 Å². The molecule has 0 atom stereocenters. The Kier molecular flexibility index (Phi) is 6.53. The second kappa shape index (κ2) is 9.04. The number of phenols is 1. The van der Waals surface area contributed by atoms with E-state index in [9.17, 15) is 24.8 Å². The molecule has 2 rings (SSSR count). The number of nitrogens with zero attached hydrogens (tertiary/aromatic N) is 1. The summed E-state index contributed by atoms with van der Waals surface area (Å²) in [5.74, 6) is -1.38. The van der Waals surface area contributed by atoms with Crippen LogP contribution in [-0.4, -0.2) is 42.2 Å². The fraction of sp³-hybridized carbons (Fsp3) is 0.176. The van der Waals surface area contributed by atoms with Crippen LogP contribution in [-0.2, 0) is 14.3 Å². The third kappa shape index (κ3) is 5.59. The van der Waals surface area contributed by atoms with Gasteiger partial charge in [0.05, 0.1) is 17.7 Å². The maximum absolute atomic E-state index is 11.9. The average Bonchev–Trinajstić information content (AvgIpc) is 2.65. The van der Waals surface area contributed by atoms with Crippen molar-refractivity contribution in [1.29, 1.82) is 0 Å². The number of methoxy groups -OCH3 is 1. The number of ether oxygens (including phenoxy) is 3. The van der Waals surface area contributed by atoms with Crippen LogP contribution in [0.15, 0.2) is 42.5 Å².